The fraction of sp³-hybridized carbons (Fsp3) is 0.318. The van der Waals surface area contributed by atoms with Gasteiger partial charge in [-0.3, -0.25) is 0 Å². The normalized spacial score (nSPS) is 13.0. The van der Waals surface area contributed by atoms with Crippen LogP contribution in [-0.2, 0) is 6.54 Å². The molecule has 1 saturated carbocycles. The Balaban J connectivity index is 1.43. The van der Waals surface area contributed by atoms with Gasteiger partial charge in [0.1, 0.15) is 5.82 Å². The number of anilines is 1. The molecule has 0 radical (unpaired) electrons. The first kappa shape index (κ1) is 20.5. The van der Waals surface area contributed by atoms with E-state index >= 15 is 0 Å². The number of methoxy groups -OCH3 is 2. The lowest BCUT2D eigenvalue weighted by Crippen LogP contribution is -2.34. The number of hydrogen-bond donors (Lipinski definition) is 2. The number of ether oxygens (including phenoxy) is 2. The van der Waals surface area contributed by atoms with Crippen LogP contribution >= 0.6 is 0 Å². The predicted octanol–water partition coefficient (Wildman–Crippen LogP) is 2.75. The third-order valence-electron chi connectivity index (χ3n) is 5.08. The van der Waals surface area contributed by atoms with Crippen LogP contribution in [0.3, 0.4) is 0 Å². The first-order valence-electron chi connectivity index (χ1n) is 10.1. The van der Waals surface area contributed by atoms with Crippen molar-refractivity contribution in [3.63, 3.8) is 0 Å². The summed E-state index contributed by atoms with van der Waals surface area (Å²) in [6, 6.07) is 14.3. The summed E-state index contributed by atoms with van der Waals surface area (Å²) in [5, 5.41) is 10.0. The van der Waals surface area contributed by atoms with Gasteiger partial charge in [-0.05, 0) is 37.1 Å². The van der Waals surface area contributed by atoms with Crippen molar-refractivity contribution in [1.82, 2.24) is 19.7 Å². The van der Waals surface area contributed by atoms with Crippen molar-refractivity contribution >= 4 is 11.7 Å². The average Bonchev–Trinajstić information content (AvgIpc) is 3.58. The molecule has 2 aromatic carbocycles. The summed E-state index contributed by atoms with van der Waals surface area (Å²) in [5.74, 6) is 2.05. The van der Waals surface area contributed by atoms with Gasteiger partial charge in [-0.2, -0.15) is 5.10 Å². The number of nitrogens with zero attached hydrogens (tertiary/aromatic N) is 3. The Bertz CT molecular complexity index is 1120. The van der Waals surface area contributed by atoms with E-state index in [-0.39, 0.29) is 18.8 Å². The van der Waals surface area contributed by atoms with E-state index in [1.807, 2.05) is 30.3 Å². The molecule has 1 heterocycles. The molecule has 1 aliphatic carbocycles. The highest BCUT2D eigenvalue weighted by Crippen LogP contribution is 2.39. The summed E-state index contributed by atoms with van der Waals surface area (Å²) in [6.07, 6.45) is 2.07. The van der Waals surface area contributed by atoms with Crippen molar-refractivity contribution in [2.75, 3.05) is 26.1 Å². The summed E-state index contributed by atoms with van der Waals surface area (Å²) >= 11 is 0. The number of amides is 2. The summed E-state index contributed by atoms with van der Waals surface area (Å²) in [7, 11) is 3.04. The number of benzene rings is 2. The second-order valence-electron chi connectivity index (χ2n) is 7.23. The lowest BCUT2D eigenvalue weighted by Gasteiger charge is -2.13. The van der Waals surface area contributed by atoms with Gasteiger partial charge >= 0.3 is 11.7 Å². The van der Waals surface area contributed by atoms with Gasteiger partial charge in [-0.15, -0.1) is 0 Å². The summed E-state index contributed by atoms with van der Waals surface area (Å²) in [5.41, 5.74) is 1.09. The maximum atomic E-state index is 12.9. The SMILES string of the molecule is COc1cccc(NC(=O)NCCn2nc(C3CC3)n(-c3ccccc3)c2=O)c1OC. The first-order chi connectivity index (χ1) is 15.1. The number of aromatic nitrogens is 3. The van der Waals surface area contributed by atoms with Gasteiger partial charge in [-0.25, -0.2) is 18.8 Å². The molecule has 3 aromatic rings. The molecule has 0 atom stereocenters. The summed E-state index contributed by atoms with van der Waals surface area (Å²) < 4.78 is 13.6. The summed E-state index contributed by atoms with van der Waals surface area (Å²) in [4.78, 5) is 25.3. The molecule has 4 rings (SSSR count). The highest BCUT2D eigenvalue weighted by atomic mass is 16.5. The lowest BCUT2D eigenvalue weighted by atomic mass is 10.2. The van der Waals surface area contributed by atoms with Crippen LogP contribution < -0.4 is 25.8 Å². The average molecular weight is 423 g/mol. The first-order valence-corrected chi connectivity index (χ1v) is 10.1. The standard InChI is InChI=1S/C22H25N5O4/c1-30-18-10-6-9-17(19(18)31-2)24-21(28)23-13-14-26-22(29)27(16-7-4-3-5-8-16)20(25-26)15-11-12-15/h3-10,15H,11-14H2,1-2H3,(H2,23,24,28). The topological polar surface area (TPSA) is 99.4 Å². The molecule has 162 valence electrons. The molecule has 0 unspecified atom stereocenters. The van der Waals surface area contributed by atoms with E-state index in [1.165, 1.54) is 18.9 Å². The second kappa shape index (κ2) is 8.95. The molecule has 0 saturated heterocycles. The van der Waals surface area contributed by atoms with E-state index in [0.717, 1.165) is 24.4 Å². The third-order valence-corrected chi connectivity index (χ3v) is 5.08. The number of rotatable bonds is 8. The summed E-state index contributed by atoms with van der Waals surface area (Å²) in [6.45, 7) is 0.509. The number of urea groups is 1. The molecule has 1 aliphatic rings. The highest BCUT2D eigenvalue weighted by molar-refractivity contribution is 5.91. The van der Waals surface area contributed by atoms with Gasteiger partial charge in [0.05, 0.1) is 32.1 Å². The number of nitrogens with one attached hydrogen (secondary N) is 2. The van der Waals surface area contributed by atoms with Crippen molar-refractivity contribution in [2.45, 2.75) is 25.3 Å². The zero-order valence-electron chi connectivity index (χ0n) is 17.5. The van der Waals surface area contributed by atoms with Gasteiger partial charge < -0.3 is 20.1 Å². The molecule has 31 heavy (non-hydrogen) atoms. The minimum absolute atomic E-state index is 0.204. The number of carbonyl (C=O) groups excluding carboxylic acids is 1. The quantitative estimate of drug-likeness (QED) is 0.580. The van der Waals surface area contributed by atoms with Gasteiger partial charge in [0.25, 0.3) is 0 Å². The number of hydrogen-bond acceptors (Lipinski definition) is 5. The van der Waals surface area contributed by atoms with Crippen molar-refractivity contribution < 1.29 is 14.3 Å². The number of carbonyl (C=O) groups is 1. The largest absolute Gasteiger partial charge is 0.493 e. The number of para-hydroxylation sites is 2. The molecular weight excluding hydrogens is 398 g/mol. The Morgan fingerprint density at radius 3 is 2.55 bits per heavy atom. The maximum absolute atomic E-state index is 12.9. The Morgan fingerprint density at radius 2 is 1.87 bits per heavy atom. The Morgan fingerprint density at radius 1 is 1.10 bits per heavy atom. The van der Waals surface area contributed by atoms with E-state index in [4.69, 9.17) is 9.47 Å². The zero-order valence-corrected chi connectivity index (χ0v) is 17.5. The van der Waals surface area contributed by atoms with Crippen LogP contribution in [0.5, 0.6) is 11.5 Å². The van der Waals surface area contributed by atoms with E-state index in [2.05, 4.69) is 15.7 Å². The van der Waals surface area contributed by atoms with Gasteiger partial charge in [0.15, 0.2) is 11.5 Å². The smallest absolute Gasteiger partial charge is 0.350 e. The molecule has 1 fully saturated rings. The second-order valence-corrected chi connectivity index (χ2v) is 7.23. The molecule has 0 aliphatic heterocycles. The fourth-order valence-electron chi connectivity index (χ4n) is 3.42. The molecule has 1 aromatic heterocycles. The van der Waals surface area contributed by atoms with E-state index in [9.17, 15) is 9.59 Å². The minimum Gasteiger partial charge on any atom is -0.493 e. The van der Waals surface area contributed by atoms with E-state index in [0.29, 0.717) is 23.1 Å². The van der Waals surface area contributed by atoms with E-state index < -0.39 is 6.03 Å². The fourth-order valence-corrected chi connectivity index (χ4v) is 3.42. The Kier molecular flexibility index (Phi) is 5.92. The maximum Gasteiger partial charge on any atom is 0.350 e. The van der Waals surface area contributed by atoms with Gasteiger partial charge in [0, 0.05) is 12.5 Å². The van der Waals surface area contributed by atoms with Crippen LogP contribution in [0.1, 0.15) is 24.6 Å². The van der Waals surface area contributed by atoms with Crippen molar-refractivity contribution in [2.24, 2.45) is 0 Å². The molecule has 2 N–H and O–H groups in total. The highest BCUT2D eigenvalue weighted by Gasteiger charge is 2.31. The minimum atomic E-state index is -0.412. The predicted molar refractivity (Wildman–Crippen MR) is 116 cm³/mol. The van der Waals surface area contributed by atoms with Gasteiger partial charge in [0.2, 0.25) is 0 Å². The Labute approximate surface area is 179 Å². The molecule has 9 nitrogen and oxygen atoms in total. The molecule has 2 amide bonds. The van der Waals surface area contributed by atoms with Crippen molar-refractivity contribution in [3.05, 3.63) is 64.8 Å². The molecule has 0 bridgehead atoms. The Hall–Kier alpha value is -3.75. The van der Waals surface area contributed by atoms with Gasteiger partial charge in [-0.1, -0.05) is 24.3 Å². The molecule has 0 spiro atoms. The van der Waals surface area contributed by atoms with Crippen LogP contribution in [0.2, 0.25) is 0 Å². The van der Waals surface area contributed by atoms with Crippen LogP contribution in [0.4, 0.5) is 10.5 Å². The van der Waals surface area contributed by atoms with Crippen molar-refractivity contribution in [1.29, 1.82) is 0 Å². The van der Waals surface area contributed by atoms with Crippen LogP contribution in [0.15, 0.2) is 53.3 Å². The van der Waals surface area contributed by atoms with Crippen molar-refractivity contribution in [3.8, 4) is 17.2 Å². The van der Waals surface area contributed by atoms with Crippen LogP contribution in [-0.4, -0.2) is 41.1 Å². The molecular formula is C22H25N5O4. The lowest BCUT2D eigenvalue weighted by molar-refractivity contribution is 0.251. The monoisotopic (exact) mass is 423 g/mol. The van der Waals surface area contributed by atoms with Crippen LogP contribution in [0.25, 0.3) is 5.69 Å². The zero-order chi connectivity index (χ0) is 21.8. The molecule has 9 heteroatoms. The third kappa shape index (κ3) is 4.40. The van der Waals surface area contributed by atoms with E-state index in [1.54, 1.807) is 22.8 Å². The van der Waals surface area contributed by atoms with Crippen LogP contribution in [0, 0.1) is 0 Å².